The Bertz CT molecular complexity index is 646. The van der Waals surface area contributed by atoms with Crippen molar-refractivity contribution in [2.24, 2.45) is 0 Å². The molecule has 1 aromatic carbocycles. The topological polar surface area (TPSA) is 73.9 Å². The van der Waals surface area contributed by atoms with Crippen LogP contribution in [-0.2, 0) is 0 Å². The summed E-state index contributed by atoms with van der Waals surface area (Å²) in [5.74, 6) is 2.01. The van der Waals surface area contributed by atoms with Crippen LogP contribution in [0.5, 0.6) is 0 Å². The summed E-state index contributed by atoms with van der Waals surface area (Å²) in [6, 6.07) is 7.03. The molecule has 2 heterocycles. The van der Waals surface area contributed by atoms with Crippen molar-refractivity contribution in [1.82, 2.24) is 20.1 Å². The van der Waals surface area contributed by atoms with E-state index in [9.17, 15) is 4.79 Å². The fourth-order valence-electron chi connectivity index (χ4n) is 2.62. The minimum absolute atomic E-state index is 0.0769. The highest BCUT2D eigenvalue weighted by molar-refractivity contribution is 6.30. The highest BCUT2D eigenvalue weighted by Gasteiger charge is 2.26. The predicted octanol–water partition coefficient (Wildman–Crippen LogP) is 3.18. The molecule has 1 aromatic heterocycles. The van der Waals surface area contributed by atoms with Gasteiger partial charge in [0.2, 0.25) is 0 Å². The van der Waals surface area contributed by atoms with E-state index in [0.717, 1.165) is 30.2 Å². The summed E-state index contributed by atoms with van der Waals surface area (Å²) in [6.07, 6.45) is 1.76. The summed E-state index contributed by atoms with van der Waals surface area (Å²) < 4.78 is 0. The standard InChI is InChI=1S/C15H18ClN5O/c1-10-17-14(20-19-10)11-6-8-21(9-7-11)15(22)18-13-4-2-12(16)3-5-13/h2-5,11H,6-9H2,1H3,(H,18,22)(H,17,19,20). The first-order valence-corrected chi connectivity index (χ1v) is 7.70. The largest absolute Gasteiger partial charge is 0.324 e. The molecule has 2 N–H and O–H groups in total. The number of nitrogens with zero attached hydrogens (tertiary/aromatic N) is 3. The average molecular weight is 320 g/mol. The summed E-state index contributed by atoms with van der Waals surface area (Å²) in [5.41, 5.74) is 0.751. The van der Waals surface area contributed by atoms with Gasteiger partial charge in [0.1, 0.15) is 5.82 Å². The molecule has 1 aliphatic heterocycles. The molecule has 0 bridgehead atoms. The highest BCUT2D eigenvalue weighted by atomic mass is 35.5. The van der Waals surface area contributed by atoms with Crippen molar-refractivity contribution in [3.05, 3.63) is 40.9 Å². The molecule has 0 spiro atoms. The van der Waals surface area contributed by atoms with Crippen molar-refractivity contribution < 1.29 is 4.79 Å². The number of hydrogen-bond donors (Lipinski definition) is 2. The zero-order valence-electron chi connectivity index (χ0n) is 12.3. The number of likely N-dealkylation sites (tertiary alicyclic amines) is 1. The number of halogens is 1. The van der Waals surface area contributed by atoms with Gasteiger partial charge in [-0.15, -0.1) is 0 Å². The quantitative estimate of drug-likeness (QED) is 0.892. The number of H-pyrrole nitrogens is 1. The molecule has 22 heavy (non-hydrogen) atoms. The summed E-state index contributed by atoms with van der Waals surface area (Å²) in [6.45, 7) is 3.31. The summed E-state index contributed by atoms with van der Waals surface area (Å²) in [7, 11) is 0. The zero-order chi connectivity index (χ0) is 15.5. The molecule has 0 aliphatic carbocycles. The number of rotatable bonds is 2. The molecule has 116 valence electrons. The Balaban J connectivity index is 1.54. The van der Waals surface area contributed by atoms with E-state index in [-0.39, 0.29) is 6.03 Å². The van der Waals surface area contributed by atoms with Crippen molar-refractivity contribution in [2.75, 3.05) is 18.4 Å². The van der Waals surface area contributed by atoms with Crippen molar-refractivity contribution in [3.63, 3.8) is 0 Å². The maximum absolute atomic E-state index is 12.2. The van der Waals surface area contributed by atoms with Gasteiger partial charge in [-0.2, -0.15) is 5.10 Å². The normalized spacial score (nSPS) is 15.8. The van der Waals surface area contributed by atoms with Gasteiger partial charge in [-0.25, -0.2) is 9.78 Å². The number of aromatic nitrogens is 3. The number of benzene rings is 1. The van der Waals surface area contributed by atoms with Gasteiger partial charge in [0, 0.05) is 29.7 Å². The Kier molecular flexibility index (Phi) is 4.29. The van der Waals surface area contributed by atoms with Crippen LogP contribution in [0.2, 0.25) is 5.02 Å². The molecule has 1 saturated heterocycles. The number of amides is 2. The van der Waals surface area contributed by atoms with E-state index in [4.69, 9.17) is 11.6 Å². The first kappa shape index (κ1) is 14.8. The van der Waals surface area contributed by atoms with Crippen molar-refractivity contribution in [3.8, 4) is 0 Å². The lowest BCUT2D eigenvalue weighted by atomic mass is 9.96. The number of anilines is 1. The molecule has 1 aliphatic rings. The third-order valence-electron chi connectivity index (χ3n) is 3.86. The van der Waals surface area contributed by atoms with Crippen LogP contribution >= 0.6 is 11.6 Å². The van der Waals surface area contributed by atoms with E-state index in [1.807, 2.05) is 11.8 Å². The number of nitrogens with one attached hydrogen (secondary N) is 2. The predicted molar refractivity (Wildman–Crippen MR) is 85.1 cm³/mol. The molecule has 0 saturated carbocycles. The molecule has 0 radical (unpaired) electrons. The molecule has 6 nitrogen and oxygen atoms in total. The van der Waals surface area contributed by atoms with Crippen LogP contribution < -0.4 is 5.32 Å². The Labute approximate surface area is 133 Å². The lowest BCUT2D eigenvalue weighted by Crippen LogP contribution is -2.40. The first-order chi connectivity index (χ1) is 10.6. The van der Waals surface area contributed by atoms with Crippen molar-refractivity contribution in [1.29, 1.82) is 0 Å². The van der Waals surface area contributed by atoms with E-state index in [0.29, 0.717) is 24.0 Å². The maximum atomic E-state index is 12.2. The Morgan fingerprint density at radius 1 is 1.32 bits per heavy atom. The van der Waals surface area contributed by atoms with Crippen LogP contribution in [0.25, 0.3) is 0 Å². The van der Waals surface area contributed by atoms with Gasteiger partial charge >= 0.3 is 6.03 Å². The molecule has 2 amide bonds. The van der Waals surface area contributed by atoms with Crippen LogP contribution in [0, 0.1) is 6.92 Å². The van der Waals surface area contributed by atoms with Gasteiger partial charge < -0.3 is 10.2 Å². The maximum Gasteiger partial charge on any atom is 0.321 e. The van der Waals surface area contributed by atoms with Gasteiger partial charge in [0.15, 0.2) is 5.82 Å². The second kappa shape index (κ2) is 6.36. The minimum atomic E-state index is -0.0769. The Morgan fingerprint density at radius 3 is 2.59 bits per heavy atom. The number of aromatic amines is 1. The van der Waals surface area contributed by atoms with Crippen LogP contribution in [0.15, 0.2) is 24.3 Å². The second-order valence-corrected chi connectivity index (χ2v) is 5.91. The summed E-state index contributed by atoms with van der Waals surface area (Å²) >= 11 is 5.84. The SMILES string of the molecule is Cc1nc(C2CCN(C(=O)Nc3ccc(Cl)cc3)CC2)n[nH]1. The molecule has 1 fully saturated rings. The van der Waals surface area contributed by atoms with Crippen LogP contribution in [-0.4, -0.2) is 39.2 Å². The number of piperidine rings is 1. The van der Waals surface area contributed by atoms with Gasteiger partial charge in [-0.05, 0) is 44.0 Å². The third kappa shape index (κ3) is 3.39. The molecular formula is C15H18ClN5O. The van der Waals surface area contributed by atoms with Crippen LogP contribution in [0.4, 0.5) is 10.5 Å². The number of carbonyl (C=O) groups is 1. The van der Waals surface area contributed by atoms with E-state index >= 15 is 0 Å². The van der Waals surface area contributed by atoms with Crippen LogP contribution in [0.3, 0.4) is 0 Å². The van der Waals surface area contributed by atoms with Crippen molar-refractivity contribution >= 4 is 23.3 Å². The molecule has 0 atom stereocenters. The summed E-state index contributed by atoms with van der Waals surface area (Å²) in [5, 5.41) is 10.6. The Morgan fingerprint density at radius 2 is 2.00 bits per heavy atom. The number of aryl methyl sites for hydroxylation is 1. The number of carbonyl (C=O) groups excluding carboxylic acids is 1. The van der Waals surface area contributed by atoms with Gasteiger partial charge in [0.05, 0.1) is 0 Å². The zero-order valence-corrected chi connectivity index (χ0v) is 13.1. The van der Waals surface area contributed by atoms with E-state index in [2.05, 4.69) is 20.5 Å². The minimum Gasteiger partial charge on any atom is -0.324 e. The summed E-state index contributed by atoms with van der Waals surface area (Å²) in [4.78, 5) is 18.5. The van der Waals surface area contributed by atoms with E-state index in [1.54, 1.807) is 24.3 Å². The first-order valence-electron chi connectivity index (χ1n) is 7.32. The smallest absolute Gasteiger partial charge is 0.321 e. The third-order valence-corrected chi connectivity index (χ3v) is 4.11. The van der Waals surface area contributed by atoms with Gasteiger partial charge in [-0.1, -0.05) is 11.6 Å². The molecular weight excluding hydrogens is 302 g/mol. The molecule has 2 aromatic rings. The van der Waals surface area contributed by atoms with Crippen LogP contribution in [0.1, 0.15) is 30.4 Å². The van der Waals surface area contributed by atoms with Crippen molar-refractivity contribution in [2.45, 2.75) is 25.7 Å². The molecule has 7 heteroatoms. The molecule has 0 unspecified atom stereocenters. The fraction of sp³-hybridized carbons (Fsp3) is 0.400. The molecule has 3 rings (SSSR count). The Hall–Kier alpha value is -2.08. The average Bonchev–Trinajstić information content (AvgIpc) is 2.96. The number of hydrogen-bond acceptors (Lipinski definition) is 3. The fourth-order valence-corrected chi connectivity index (χ4v) is 2.75. The van der Waals surface area contributed by atoms with Gasteiger partial charge in [-0.3, -0.25) is 5.10 Å². The number of urea groups is 1. The lowest BCUT2D eigenvalue weighted by Gasteiger charge is -2.30. The monoisotopic (exact) mass is 319 g/mol. The second-order valence-electron chi connectivity index (χ2n) is 5.48. The van der Waals surface area contributed by atoms with E-state index < -0.39 is 0 Å². The van der Waals surface area contributed by atoms with E-state index in [1.165, 1.54) is 0 Å². The highest BCUT2D eigenvalue weighted by Crippen LogP contribution is 2.25. The lowest BCUT2D eigenvalue weighted by molar-refractivity contribution is 0.193. The van der Waals surface area contributed by atoms with Gasteiger partial charge in [0.25, 0.3) is 0 Å².